The van der Waals surface area contributed by atoms with E-state index in [1.165, 1.54) is 0 Å². The van der Waals surface area contributed by atoms with Gasteiger partial charge in [0, 0.05) is 29.4 Å². The van der Waals surface area contributed by atoms with Crippen molar-refractivity contribution in [3.05, 3.63) is 59.7 Å². The molecule has 0 radical (unpaired) electrons. The van der Waals surface area contributed by atoms with E-state index in [9.17, 15) is 9.59 Å². The Hall–Kier alpha value is -2.62. The second kappa shape index (κ2) is 6.87. The quantitative estimate of drug-likeness (QED) is 0.932. The SMILES string of the molecule is CC(C)C(=O)Nc1ccc2c(c1)N(C(=O)c1ccccc1)CCC2. The molecule has 0 saturated carbocycles. The highest BCUT2D eigenvalue weighted by Crippen LogP contribution is 2.31. The van der Waals surface area contributed by atoms with E-state index < -0.39 is 0 Å². The molecule has 0 unspecified atom stereocenters. The summed E-state index contributed by atoms with van der Waals surface area (Å²) in [5.41, 5.74) is 3.46. The lowest BCUT2D eigenvalue weighted by molar-refractivity contribution is -0.118. The average Bonchev–Trinajstić information content (AvgIpc) is 2.61. The van der Waals surface area contributed by atoms with Crippen molar-refractivity contribution in [2.45, 2.75) is 26.7 Å². The smallest absolute Gasteiger partial charge is 0.258 e. The lowest BCUT2D eigenvalue weighted by atomic mass is 10.00. The summed E-state index contributed by atoms with van der Waals surface area (Å²) in [7, 11) is 0. The number of fused-ring (bicyclic) bond motifs is 1. The van der Waals surface area contributed by atoms with Gasteiger partial charge in [0.1, 0.15) is 0 Å². The van der Waals surface area contributed by atoms with Crippen molar-refractivity contribution >= 4 is 23.2 Å². The van der Waals surface area contributed by atoms with E-state index in [1.807, 2.05) is 67.3 Å². The molecule has 2 aromatic carbocycles. The van der Waals surface area contributed by atoms with Crippen molar-refractivity contribution in [2.75, 3.05) is 16.8 Å². The number of hydrogen-bond acceptors (Lipinski definition) is 2. The third kappa shape index (κ3) is 3.32. The number of anilines is 2. The minimum Gasteiger partial charge on any atom is -0.326 e. The van der Waals surface area contributed by atoms with E-state index in [1.54, 1.807) is 0 Å². The molecule has 0 fully saturated rings. The van der Waals surface area contributed by atoms with Crippen LogP contribution in [0.1, 0.15) is 36.2 Å². The number of hydrogen-bond donors (Lipinski definition) is 1. The number of rotatable bonds is 3. The number of nitrogens with one attached hydrogen (secondary N) is 1. The van der Waals surface area contributed by atoms with Gasteiger partial charge in [-0.1, -0.05) is 38.1 Å². The van der Waals surface area contributed by atoms with Crippen molar-refractivity contribution in [3.63, 3.8) is 0 Å². The third-order valence-corrected chi connectivity index (χ3v) is 4.26. The maximum atomic E-state index is 12.8. The van der Waals surface area contributed by atoms with Crippen LogP contribution in [0.15, 0.2) is 48.5 Å². The Balaban J connectivity index is 1.91. The van der Waals surface area contributed by atoms with Gasteiger partial charge in [0.25, 0.3) is 5.91 Å². The first kappa shape index (κ1) is 16.2. The summed E-state index contributed by atoms with van der Waals surface area (Å²) in [5, 5.41) is 2.91. The van der Waals surface area contributed by atoms with Crippen LogP contribution in [0, 0.1) is 5.92 Å². The fraction of sp³-hybridized carbons (Fsp3) is 0.300. The molecule has 1 aliphatic heterocycles. The molecule has 2 amide bonds. The third-order valence-electron chi connectivity index (χ3n) is 4.26. The highest BCUT2D eigenvalue weighted by molar-refractivity contribution is 6.07. The normalized spacial score (nSPS) is 13.5. The number of benzene rings is 2. The van der Waals surface area contributed by atoms with E-state index >= 15 is 0 Å². The van der Waals surface area contributed by atoms with Crippen LogP contribution in [-0.2, 0) is 11.2 Å². The van der Waals surface area contributed by atoms with Crippen LogP contribution in [0.2, 0.25) is 0 Å². The van der Waals surface area contributed by atoms with E-state index in [0.717, 1.165) is 29.8 Å². The fourth-order valence-electron chi connectivity index (χ4n) is 2.89. The summed E-state index contributed by atoms with van der Waals surface area (Å²) in [6, 6.07) is 15.2. The molecule has 3 rings (SSSR count). The van der Waals surface area contributed by atoms with Gasteiger partial charge in [-0.2, -0.15) is 0 Å². The van der Waals surface area contributed by atoms with Crippen LogP contribution in [0.4, 0.5) is 11.4 Å². The van der Waals surface area contributed by atoms with Gasteiger partial charge in [0.05, 0.1) is 0 Å². The summed E-state index contributed by atoms with van der Waals surface area (Å²) in [6.45, 7) is 4.42. The lowest BCUT2D eigenvalue weighted by Gasteiger charge is -2.30. The first-order chi connectivity index (χ1) is 11.6. The zero-order chi connectivity index (χ0) is 17.1. The summed E-state index contributed by atoms with van der Waals surface area (Å²) in [5.74, 6) is -0.0985. The predicted molar refractivity (Wildman–Crippen MR) is 96.3 cm³/mol. The second-order valence-corrected chi connectivity index (χ2v) is 6.41. The van der Waals surface area contributed by atoms with Gasteiger partial charge in [0.15, 0.2) is 0 Å². The zero-order valence-electron chi connectivity index (χ0n) is 14.1. The largest absolute Gasteiger partial charge is 0.326 e. The number of nitrogens with zero attached hydrogens (tertiary/aromatic N) is 1. The summed E-state index contributed by atoms with van der Waals surface area (Å²) in [4.78, 5) is 26.6. The maximum Gasteiger partial charge on any atom is 0.258 e. The Morgan fingerprint density at radius 1 is 1.08 bits per heavy atom. The molecule has 0 bridgehead atoms. The molecule has 0 atom stereocenters. The van der Waals surface area contributed by atoms with Crippen molar-refractivity contribution in [1.29, 1.82) is 0 Å². The summed E-state index contributed by atoms with van der Waals surface area (Å²) >= 11 is 0. The van der Waals surface area contributed by atoms with Crippen molar-refractivity contribution in [2.24, 2.45) is 5.92 Å². The number of aryl methyl sites for hydroxylation is 1. The van der Waals surface area contributed by atoms with E-state index in [2.05, 4.69) is 5.32 Å². The van der Waals surface area contributed by atoms with Gasteiger partial charge in [-0.3, -0.25) is 9.59 Å². The first-order valence-electron chi connectivity index (χ1n) is 8.37. The van der Waals surface area contributed by atoms with Crippen LogP contribution in [-0.4, -0.2) is 18.4 Å². The Labute approximate surface area is 142 Å². The van der Waals surface area contributed by atoms with Gasteiger partial charge in [-0.05, 0) is 42.7 Å². The molecule has 0 spiro atoms. The molecule has 1 N–H and O–H groups in total. The minimum atomic E-state index is -0.0805. The molecule has 4 heteroatoms. The van der Waals surface area contributed by atoms with Crippen molar-refractivity contribution < 1.29 is 9.59 Å². The zero-order valence-corrected chi connectivity index (χ0v) is 14.1. The van der Waals surface area contributed by atoms with Crippen molar-refractivity contribution in [1.82, 2.24) is 0 Å². The van der Waals surface area contributed by atoms with Gasteiger partial charge >= 0.3 is 0 Å². The fourth-order valence-corrected chi connectivity index (χ4v) is 2.89. The van der Waals surface area contributed by atoms with E-state index in [0.29, 0.717) is 12.1 Å². The van der Waals surface area contributed by atoms with E-state index in [4.69, 9.17) is 0 Å². The Morgan fingerprint density at radius 3 is 2.54 bits per heavy atom. The molecule has 0 saturated heterocycles. The second-order valence-electron chi connectivity index (χ2n) is 6.41. The van der Waals surface area contributed by atoms with Crippen LogP contribution >= 0.6 is 0 Å². The van der Waals surface area contributed by atoms with Crippen LogP contribution in [0.3, 0.4) is 0 Å². The van der Waals surface area contributed by atoms with Gasteiger partial charge in [-0.15, -0.1) is 0 Å². The lowest BCUT2D eigenvalue weighted by Crippen LogP contribution is -2.35. The molecule has 24 heavy (non-hydrogen) atoms. The molecule has 0 aromatic heterocycles. The summed E-state index contributed by atoms with van der Waals surface area (Å²) in [6.07, 6.45) is 1.90. The average molecular weight is 322 g/mol. The molecular weight excluding hydrogens is 300 g/mol. The number of carbonyl (C=O) groups excluding carboxylic acids is 2. The van der Waals surface area contributed by atoms with E-state index in [-0.39, 0.29) is 17.7 Å². The molecule has 2 aromatic rings. The highest BCUT2D eigenvalue weighted by Gasteiger charge is 2.24. The Bertz CT molecular complexity index is 753. The number of carbonyl (C=O) groups is 2. The topological polar surface area (TPSA) is 49.4 Å². The minimum absolute atomic E-state index is 0.00360. The van der Waals surface area contributed by atoms with Crippen molar-refractivity contribution in [3.8, 4) is 0 Å². The molecule has 124 valence electrons. The standard InChI is InChI=1S/C20H22N2O2/c1-14(2)19(23)21-17-11-10-15-9-6-12-22(18(15)13-17)20(24)16-7-4-3-5-8-16/h3-5,7-8,10-11,13-14H,6,9,12H2,1-2H3,(H,21,23). The Morgan fingerprint density at radius 2 is 1.83 bits per heavy atom. The molecule has 0 aliphatic carbocycles. The molecule has 1 aliphatic rings. The van der Waals surface area contributed by atoms with Crippen LogP contribution in [0.25, 0.3) is 0 Å². The Kier molecular flexibility index (Phi) is 4.65. The molecular formula is C20H22N2O2. The van der Waals surface area contributed by atoms with Crippen LogP contribution in [0.5, 0.6) is 0 Å². The van der Waals surface area contributed by atoms with Gasteiger partial charge in [0.2, 0.25) is 5.91 Å². The predicted octanol–water partition coefficient (Wildman–Crippen LogP) is 3.87. The highest BCUT2D eigenvalue weighted by atomic mass is 16.2. The monoisotopic (exact) mass is 322 g/mol. The first-order valence-corrected chi connectivity index (χ1v) is 8.37. The summed E-state index contributed by atoms with van der Waals surface area (Å²) < 4.78 is 0. The number of amides is 2. The molecule has 1 heterocycles. The van der Waals surface area contributed by atoms with Gasteiger partial charge in [-0.25, -0.2) is 0 Å². The maximum absolute atomic E-state index is 12.8. The van der Waals surface area contributed by atoms with Crippen LogP contribution < -0.4 is 10.2 Å². The van der Waals surface area contributed by atoms with Gasteiger partial charge < -0.3 is 10.2 Å². The molecule has 4 nitrogen and oxygen atoms in total.